The second-order valence-corrected chi connectivity index (χ2v) is 11.7. The molecule has 2 aromatic heterocycles. The monoisotopic (exact) mass is 514 g/mol. The number of hydrogen-bond donors (Lipinski definition) is 1. The molecule has 1 fully saturated rings. The molecular formula is C31H39FN6. The lowest BCUT2D eigenvalue weighted by molar-refractivity contribution is 0.330. The molecule has 3 aliphatic rings. The van der Waals surface area contributed by atoms with Crippen molar-refractivity contribution < 1.29 is 4.39 Å². The second kappa shape index (κ2) is 10.5. The van der Waals surface area contributed by atoms with Crippen LogP contribution < -0.4 is 15.1 Å². The van der Waals surface area contributed by atoms with E-state index >= 15 is 0 Å². The fraction of sp³-hybridized carbons (Fsp3) is 0.484. The van der Waals surface area contributed by atoms with E-state index < -0.39 is 0 Å². The maximum atomic E-state index is 14.3. The Hall–Kier alpha value is -3.19. The first kappa shape index (κ1) is 25.1. The van der Waals surface area contributed by atoms with E-state index in [0.717, 1.165) is 31.0 Å². The number of likely N-dealkylation sites (tertiary alicyclic amines) is 1. The fourth-order valence-electron chi connectivity index (χ4n) is 6.46. The molecule has 0 unspecified atom stereocenters. The average Bonchev–Trinajstić information content (AvgIpc) is 3.52. The zero-order chi connectivity index (χ0) is 26.1. The van der Waals surface area contributed by atoms with E-state index in [1.165, 1.54) is 73.8 Å². The van der Waals surface area contributed by atoms with E-state index in [4.69, 9.17) is 4.98 Å². The Labute approximate surface area is 225 Å². The maximum Gasteiger partial charge on any atom is 0.165 e. The zero-order valence-electron chi connectivity index (χ0n) is 22.7. The van der Waals surface area contributed by atoms with Crippen molar-refractivity contribution >= 4 is 23.0 Å². The number of nitrogens with zero attached hydrogens (tertiary/aromatic N) is 5. The Morgan fingerprint density at radius 1 is 0.974 bits per heavy atom. The van der Waals surface area contributed by atoms with Gasteiger partial charge in [-0.15, -0.1) is 0 Å². The highest BCUT2D eigenvalue weighted by molar-refractivity contribution is 5.72. The van der Waals surface area contributed by atoms with Crippen LogP contribution in [0.1, 0.15) is 56.2 Å². The summed E-state index contributed by atoms with van der Waals surface area (Å²) in [6, 6.07) is 12.0. The van der Waals surface area contributed by atoms with Gasteiger partial charge in [-0.05, 0) is 93.2 Å². The van der Waals surface area contributed by atoms with E-state index in [0.29, 0.717) is 18.9 Å². The predicted molar refractivity (Wildman–Crippen MR) is 153 cm³/mol. The van der Waals surface area contributed by atoms with Crippen LogP contribution in [0, 0.1) is 5.82 Å². The van der Waals surface area contributed by atoms with Gasteiger partial charge in [-0.1, -0.05) is 19.9 Å². The summed E-state index contributed by atoms with van der Waals surface area (Å²) in [6.07, 6.45) is 9.52. The largest absolute Gasteiger partial charge is 0.370 e. The molecule has 1 aromatic carbocycles. The van der Waals surface area contributed by atoms with Crippen LogP contribution in [0.25, 0.3) is 0 Å². The van der Waals surface area contributed by atoms with Gasteiger partial charge in [0, 0.05) is 60.9 Å². The van der Waals surface area contributed by atoms with Crippen LogP contribution >= 0.6 is 0 Å². The standard InChI is InChI=1S/C31H39FN6/c1-31(2)22-38(18-6-5-17-36-15-3-4-16-36)28-20-24(9-10-26(28)31)35-29-25-12-19-37(21-23(25)11-14-33-29)30-27(32)8-7-13-34-30/h7-11,13-14,20H,3-6,12,15-19,21-22H2,1-2H3,(H,33,35). The number of hydrogen-bond acceptors (Lipinski definition) is 6. The summed E-state index contributed by atoms with van der Waals surface area (Å²) in [5, 5.41) is 3.63. The molecule has 0 amide bonds. The summed E-state index contributed by atoms with van der Waals surface area (Å²) in [6.45, 7) is 12.0. The lowest BCUT2D eigenvalue weighted by Gasteiger charge is -2.30. The predicted octanol–water partition coefficient (Wildman–Crippen LogP) is 5.90. The molecule has 0 saturated carbocycles. The van der Waals surface area contributed by atoms with Gasteiger partial charge in [0.05, 0.1) is 0 Å². The molecule has 0 bridgehead atoms. The van der Waals surface area contributed by atoms with Crippen LogP contribution in [0.15, 0.2) is 48.8 Å². The molecule has 0 spiro atoms. The maximum absolute atomic E-state index is 14.3. The Kier molecular flexibility index (Phi) is 6.95. The molecule has 3 aliphatic heterocycles. The summed E-state index contributed by atoms with van der Waals surface area (Å²) >= 11 is 0. The van der Waals surface area contributed by atoms with Crippen molar-refractivity contribution in [3.63, 3.8) is 0 Å². The van der Waals surface area contributed by atoms with Gasteiger partial charge in [-0.2, -0.15) is 0 Å². The quantitative estimate of drug-likeness (QED) is 0.378. The van der Waals surface area contributed by atoms with Crippen LogP contribution in [0.4, 0.5) is 27.4 Å². The van der Waals surface area contributed by atoms with Crippen molar-refractivity contribution in [3.05, 3.63) is 71.3 Å². The van der Waals surface area contributed by atoms with E-state index in [-0.39, 0.29) is 11.2 Å². The van der Waals surface area contributed by atoms with Crippen LogP contribution in [0.5, 0.6) is 0 Å². The number of fused-ring (bicyclic) bond motifs is 2. The highest BCUT2D eigenvalue weighted by Crippen LogP contribution is 2.42. The highest BCUT2D eigenvalue weighted by Gasteiger charge is 2.35. The Morgan fingerprint density at radius 3 is 2.66 bits per heavy atom. The first-order valence-corrected chi connectivity index (χ1v) is 14.2. The Bertz CT molecular complexity index is 1290. The number of halogens is 1. The molecule has 6 nitrogen and oxygen atoms in total. The van der Waals surface area contributed by atoms with Gasteiger partial charge < -0.3 is 20.0 Å². The van der Waals surface area contributed by atoms with Crippen molar-refractivity contribution in [2.75, 3.05) is 54.4 Å². The topological polar surface area (TPSA) is 47.5 Å². The number of rotatable bonds is 8. The third-order valence-corrected chi connectivity index (χ3v) is 8.45. The first-order valence-electron chi connectivity index (χ1n) is 14.2. The smallest absolute Gasteiger partial charge is 0.165 e. The van der Waals surface area contributed by atoms with Gasteiger partial charge in [0.15, 0.2) is 11.6 Å². The van der Waals surface area contributed by atoms with Crippen molar-refractivity contribution in [1.82, 2.24) is 14.9 Å². The van der Waals surface area contributed by atoms with Crippen LogP contribution in [-0.4, -0.2) is 54.1 Å². The van der Waals surface area contributed by atoms with Gasteiger partial charge in [0.25, 0.3) is 0 Å². The van der Waals surface area contributed by atoms with Gasteiger partial charge >= 0.3 is 0 Å². The summed E-state index contributed by atoms with van der Waals surface area (Å²) in [5.41, 5.74) is 6.38. The van der Waals surface area contributed by atoms with Crippen molar-refractivity contribution in [2.45, 2.75) is 57.9 Å². The minimum atomic E-state index is -0.273. The SMILES string of the molecule is CC1(C)CN(CCCCN2CCCC2)c2cc(Nc3nccc4c3CCN(c3ncccc3F)C4)ccc21. The van der Waals surface area contributed by atoms with Crippen LogP contribution in [0.2, 0.25) is 0 Å². The molecule has 6 rings (SSSR count). The van der Waals surface area contributed by atoms with Crippen LogP contribution in [0.3, 0.4) is 0 Å². The molecule has 0 atom stereocenters. The van der Waals surface area contributed by atoms with E-state index in [9.17, 15) is 4.39 Å². The number of benzene rings is 1. The highest BCUT2D eigenvalue weighted by atomic mass is 19.1. The molecule has 1 saturated heterocycles. The van der Waals surface area contributed by atoms with Crippen molar-refractivity contribution in [3.8, 4) is 0 Å². The van der Waals surface area contributed by atoms with Gasteiger partial charge in [-0.25, -0.2) is 14.4 Å². The molecule has 38 heavy (non-hydrogen) atoms. The molecule has 5 heterocycles. The molecule has 200 valence electrons. The number of anilines is 4. The van der Waals surface area contributed by atoms with Gasteiger partial charge in [0.2, 0.25) is 0 Å². The lowest BCUT2D eigenvalue weighted by atomic mass is 9.87. The van der Waals surface area contributed by atoms with Crippen molar-refractivity contribution in [1.29, 1.82) is 0 Å². The average molecular weight is 515 g/mol. The zero-order valence-corrected chi connectivity index (χ0v) is 22.7. The Balaban J connectivity index is 1.16. The molecule has 3 aromatic rings. The minimum Gasteiger partial charge on any atom is -0.370 e. The Morgan fingerprint density at radius 2 is 1.82 bits per heavy atom. The normalized spacial score (nSPS) is 18.5. The number of pyridine rings is 2. The van der Waals surface area contributed by atoms with E-state index in [1.54, 1.807) is 12.3 Å². The third kappa shape index (κ3) is 5.08. The van der Waals surface area contributed by atoms with Gasteiger partial charge in [0.1, 0.15) is 5.82 Å². The van der Waals surface area contributed by atoms with Crippen molar-refractivity contribution in [2.24, 2.45) is 0 Å². The van der Waals surface area contributed by atoms with Gasteiger partial charge in [-0.3, -0.25) is 0 Å². The molecular weight excluding hydrogens is 475 g/mol. The second-order valence-electron chi connectivity index (χ2n) is 11.7. The molecule has 1 N–H and O–H groups in total. The molecule has 7 heteroatoms. The first-order chi connectivity index (χ1) is 18.5. The lowest BCUT2D eigenvalue weighted by Crippen LogP contribution is -2.32. The summed E-state index contributed by atoms with van der Waals surface area (Å²) in [7, 11) is 0. The molecule has 0 radical (unpaired) electrons. The number of aromatic nitrogens is 2. The van der Waals surface area contributed by atoms with E-state index in [1.807, 2.05) is 17.2 Å². The third-order valence-electron chi connectivity index (χ3n) is 8.45. The summed E-state index contributed by atoms with van der Waals surface area (Å²) in [4.78, 5) is 16.2. The molecule has 0 aliphatic carbocycles. The number of nitrogens with one attached hydrogen (secondary N) is 1. The van der Waals surface area contributed by atoms with Crippen LogP contribution in [-0.2, 0) is 18.4 Å². The summed E-state index contributed by atoms with van der Waals surface area (Å²) < 4.78 is 14.3. The minimum absolute atomic E-state index is 0.150. The summed E-state index contributed by atoms with van der Waals surface area (Å²) in [5.74, 6) is 1.05. The fourth-order valence-corrected chi connectivity index (χ4v) is 6.46. The van der Waals surface area contributed by atoms with E-state index in [2.05, 4.69) is 52.1 Å². The number of unbranched alkanes of at least 4 members (excludes halogenated alkanes) is 1.